The van der Waals surface area contributed by atoms with Crippen molar-refractivity contribution < 1.29 is 38.0 Å². The fraction of sp³-hybridized carbons (Fsp3) is 0.310. The molecule has 1 heterocycles. The minimum atomic E-state index is -0.810. The minimum Gasteiger partial charge on any atom is -0.497 e. The SMILES string of the molecule is COc1ccc([C@@H]2[C@H](C(=O)Nc3cc(OC)c(OC)c(OC)c3)c3cc(OC)c(OC)cc3C(=O)N2C)cc1. The zero-order chi connectivity index (χ0) is 28.3. The Morgan fingerprint density at radius 2 is 1.31 bits per heavy atom. The average molecular weight is 537 g/mol. The number of carbonyl (C=O) groups excluding carboxylic acids is 2. The molecule has 2 amide bonds. The zero-order valence-electron chi connectivity index (χ0n) is 23.0. The van der Waals surface area contributed by atoms with E-state index >= 15 is 0 Å². The molecule has 1 aliphatic rings. The van der Waals surface area contributed by atoms with Crippen LogP contribution in [0.1, 0.15) is 33.4 Å². The van der Waals surface area contributed by atoms with Gasteiger partial charge in [0.05, 0.1) is 54.6 Å². The number of ether oxygens (including phenoxy) is 6. The quantitative estimate of drug-likeness (QED) is 0.432. The summed E-state index contributed by atoms with van der Waals surface area (Å²) in [5, 5.41) is 2.99. The van der Waals surface area contributed by atoms with Crippen LogP contribution in [-0.4, -0.2) is 66.4 Å². The smallest absolute Gasteiger partial charge is 0.254 e. The van der Waals surface area contributed by atoms with Crippen molar-refractivity contribution in [3.05, 3.63) is 65.2 Å². The highest BCUT2D eigenvalue weighted by Gasteiger charge is 2.43. The first kappa shape index (κ1) is 27.4. The number of hydrogen-bond donors (Lipinski definition) is 1. The van der Waals surface area contributed by atoms with E-state index in [1.165, 1.54) is 35.5 Å². The Morgan fingerprint density at radius 1 is 0.744 bits per heavy atom. The van der Waals surface area contributed by atoms with E-state index in [0.29, 0.717) is 51.3 Å². The van der Waals surface area contributed by atoms with Crippen LogP contribution in [0.4, 0.5) is 5.69 Å². The van der Waals surface area contributed by atoms with E-state index in [1.54, 1.807) is 55.5 Å². The molecular formula is C29H32N2O8. The lowest BCUT2D eigenvalue weighted by atomic mass is 9.79. The molecule has 10 nitrogen and oxygen atoms in total. The van der Waals surface area contributed by atoms with Crippen LogP contribution in [0.15, 0.2) is 48.5 Å². The van der Waals surface area contributed by atoms with Gasteiger partial charge in [0.2, 0.25) is 11.7 Å². The van der Waals surface area contributed by atoms with E-state index in [9.17, 15) is 9.59 Å². The Morgan fingerprint density at radius 3 is 1.82 bits per heavy atom. The van der Waals surface area contributed by atoms with Gasteiger partial charge < -0.3 is 38.6 Å². The number of likely N-dealkylation sites (N-methyl/N-ethyl adjacent to an activating group) is 1. The second-order valence-corrected chi connectivity index (χ2v) is 8.81. The van der Waals surface area contributed by atoms with Gasteiger partial charge in [-0.3, -0.25) is 9.59 Å². The van der Waals surface area contributed by atoms with Crippen LogP contribution in [0.2, 0.25) is 0 Å². The molecule has 2 atom stereocenters. The standard InChI is InChI=1S/C29H32N2O8/c1-31-26(16-8-10-18(34-2)11-9-16)25(19-14-21(35-3)22(36-4)15-20(19)29(31)33)28(32)30-17-12-23(37-5)27(39-7)24(13-17)38-6/h8-15,25-26H,1-7H3,(H,30,32)/t25-,26-/m1/s1. The maximum absolute atomic E-state index is 14.1. The van der Waals surface area contributed by atoms with Gasteiger partial charge in [-0.15, -0.1) is 0 Å². The molecule has 10 heteroatoms. The van der Waals surface area contributed by atoms with Gasteiger partial charge in [-0.05, 0) is 35.4 Å². The molecule has 0 fully saturated rings. The highest BCUT2D eigenvalue weighted by molar-refractivity contribution is 6.05. The van der Waals surface area contributed by atoms with Gasteiger partial charge in [0, 0.05) is 30.4 Å². The van der Waals surface area contributed by atoms with E-state index in [4.69, 9.17) is 28.4 Å². The molecule has 39 heavy (non-hydrogen) atoms. The van der Waals surface area contributed by atoms with E-state index in [-0.39, 0.29) is 11.8 Å². The Kier molecular flexibility index (Phi) is 8.04. The van der Waals surface area contributed by atoms with E-state index < -0.39 is 12.0 Å². The Labute approximate surface area is 227 Å². The monoisotopic (exact) mass is 536 g/mol. The highest BCUT2D eigenvalue weighted by Crippen LogP contribution is 2.47. The molecule has 0 spiro atoms. The predicted molar refractivity (Wildman–Crippen MR) is 145 cm³/mol. The number of methoxy groups -OCH3 is 6. The van der Waals surface area contributed by atoms with Crippen molar-refractivity contribution in [2.45, 2.75) is 12.0 Å². The van der Waals surface area contributed by atoms with Crippen LogP contribution in [0, 0.1) is 0 Å². The Bertz CT molecular complexity index is 1350. The van der Waals surface area contributed by atoms with E-state index in [1.807, 2.05) is 12.1 Å². The number of nitrogens with zero attached hydrogens (tertiary/aromatic N) is 1. The molecular weight excluding hydrogens is 504 g/mol. The molecule has 1 N–H and O–H groups in total. The number of carbonyl (C=O) groups is 2. The van der Waals surface area contributed by atoms with Crippen LogP contribution in [0.5, 0.6) is 34.5 Å². The topological polar surface area (TPSA) is 105 Å². The Balaban J connectivity index is 1.87. The normalized spacial score (nSPS) is 16.2. The lowest BCUT2D eigenvalue weighted by Crippen LogP contribution is -2.44. The first-order chi connectivity index (χ1) is 18.8. The summed E-state index contributed by atoms with van der Waals surface area (Å²) in [6.45, 7) is 0. The van der Waals surface area contributed by atoms with Crippen molar-refractivity contribution in [1.82, 2.24) is 4.90 Å². The van der Waals surface area contributed by atoms with Crippen molar-refractivity contribution in [3.63, 3.8) is 0 Å². The summed E-state index contributed by atoms with van der Waals surface area (Å²) < 4.78 is 32.6. The molecule has 0 aliphatic carbocycles. The highest BCUT2D eigenvalue weighted by atomic mass is 16.5. The first-order valence-electron chi connectivity index (χ1n) is 12.1. The van der Waals surface area contributed by atoms with E-state index in [0.717, 1.165) is 5.56 Å². The van der Waals surface area contributed by atoms with Gasteiger partial charge in [-0.2, -0.15) is 0 Å². The lowest BCUT2D eigenvalue weighted by molar-refractivity contribution is -0.119. The summed E-state index contributed by atoms with van der Waals surface area (Å²) in [4.78, 5) is 29.3. The second kappa shape index (κ2) is 11.4. The number of nitrogens with one attached hydrogen (secondary N) is 1. The zero-order valence-corrected chi connectivity index (χ0v) is 23.0. The Hall–Kier alpha value is -4.60. The van der Waals surface area contributed by atoms with Crippen LogP contribution >= 0.6 is 0 Å². The molecule has 0 bridgehead atoms. The molecule has 206 valence electrons. The number of amides is 2. The molecule has 1 aliphatic heterocycles. The van der Waals surface area contributed by atoms with Crippen molar-refractivity contribution in [2.75, 3.05) is 55.0 Å². The largest absolute Gasteiger partial charge is 0.497 e. The maximum atomic E-state index is 14.1. The molecule has 3 aromatic rings. The number of anilines is 1. The van der Waals surface area contributed by atoms with Crippen LogP contribution < -0.4 is 33.7 Å². The van der Waals surface area contributed by atoms with Crippen LogP contribution in [0.25, 0.3) is 0 Å². The molecule has 3 aromatic carbocycles. The fourth-order valence-corrected chi connectivity index (χ4v) is 4.92. The predicted octanol–water partition coefficient (Wildman–Crippen LogP) is 4.29. The summed E-state index contributed by atoms with van der Waals surface area (Å²) in [5.41, 5.74) is 2.06. The first-order valence-corrected chi connectivity index (χ1v) is 12.1. The summed E-state index contributed by atoms with van der Waals surface area (Å²) in [5.74, 6) is 1.24. The maximum Gasteiger partial charge on any atom is 0.254 e. The molecule has 0 saturated carbocycles. The van der Waals surface area contributed by atoms with Gasteiger partial charge in [-0.1, -0.05) is 12.1 Å². The van der Waals surface area contributed by atoms with Gasteiger partial charge >= 0.3 is 0 Å². The lowest BCUT2D eigenvalue weighted by Gasteiger charge is -2.40. The number of benzene rings is 3. The fourth-order valence-electron chi connectivity index (χ4n) is 4.92. The van der Waals surface area contributed by atoms with Crippen LogP contribution in [0.3, 0.4) is 0 Å². The number of hydrogen-bond acceptors (Lipinski definition) is 8. The third-order valence-electron chi connectivity index (χ3n) is 6.85. The molecule has 0 radical (unpaired) electrons. The van der Waals surface area contributed by atoms with Gasteiger partial charge in [0.1, 0.15) is 5.75 Å². The third kappa shape index (κ3) is 4.97. The van der Waals surface area contributed by atoms with Crippen molar-refractivity contribution in [1.29, 1.82) is 0 Å². The molecule has 4 rings (SSSR count). The van der Waals surface area contributed by atoms with Gasteiger partial charge in [0.15, 0.2) is 23.0 Å². The van der Waals surface area contributed by atoms with Gasteiger partial charge in [0.25, 0.3) is 5.91 Å². The molecule has 0 saturated heterocycles. The van der Waals surface area contributed by atoms with Crippen molar-refractivity contribution >= 4 is 17.5 Å². The van der Waals surface area contributed by atoms with Crippen molar-refractivity contribution in [3.8, 4) is 34.5 Å². The van der Waals surface area contributed by atoms with E-state index in [2.05, 4.69) is 5.32 Å². The second-order valence-electron chi connectivity index (χ2n) is 8.81. The summed E-state index contributed by atoms with van der Waals surface area (Å²) in [6, 6.07) is 13.3. The number of rotatable bonds is 9. The summed E-state index contributed by atoms with van der Waals surface area (Å²) >= 11 is 0. The summed E-state index contributed by atoms with van der Waals surface area (Å²) in [6.07, 6.45) is 0. The van der Waals surface area contributed by atoms with Crippen molar-refractivity contribution in [2.24, 2.45) is 0 Å². The molecule has 0 unspecified atom stereocenters. The third-order valence-corrected chi connectivity index (χ3v) is 6.85. The van der Waals surface area contributed by atoms with Crippen LogP contribution in [-0.2, 0) is 4.79 Å². The van der Waals surface area contributed by atoms with Gasteiger partial charge in [-0.25, -0.2) is 0 Å². The number of fused-ring (bicyclic) bond motifs is 1. The summed E-state index contributed by atoms with van der Waals surface area (Å²) in [7, 11) is 10.8. The average Bonchev–Trinajstić information content (AvgIpc) is 2.97. The minimum absolute atomic E-state index is 0.247. The molecule has 0 aromatic heterocycles.